The smallest absolute Gasteiger partial charge is 0.261 e. The van der Waals surface area contributed by atoms with Gasteiger partial charge in [-0.25, -0.2) is 0 Å². The normalized spacial score (nSPS) is 12.3. The molecule has 0 saturated carbocycles. The molecule has 0 aromatic rings. The Balaban J connectivity index is 3.45. The summed E-state index contributed by atoms with van der Waals surface area (Å²) in [6, 6.07) is 1.24. The fourth-order valence-electron chi connectivity index (χ4n) is 1.76. The summed E-state index contributed by atoms with van der Waals surface area (Å²) in [5.74, 6) is 0.836. The molecule has 0 rings (SSSR count). The molecule has 116 valence electrons. The van der Waals surface area contributed by atoms with Crippen molar-refractivity contribution in [1.82, 2.24) is 0 Å². The maximum atomic E-state index is 5.77. The zero-order valence-electron chi connectivity index (χ0n) is 13.5. The van der Waals surface area contributed by atoms with Crippen molar-refractivity contribution in [3.63, 3.8) is 0 Å². The Labute approximate surface area is 122 Å². The van der Waals surface area contributed by atoms with Gasteiger partial charge in [0.05, 0.1) is 13.2 Å². The molecule has 0 aliphatic heterocycles. The summed E-state index contributed by atoms with van der Waals surface area (Å²) in [5.41, 5.74) is 0. The van der Waals surface area contributed by atoms with Crippen LogP contribution in [0.15, 0.2) is 0 Å². The molecule has 0 aliphatic carbocycles. The van der Waals surface area contributed by atoms with Crippen molar-refractivity contribution in [3.8, 4) is 0 Å². The number of hydrogen-bond acceptors (Lipinski definition) is 3. The molecule has 0 spiro atoms. The summed E-state index contributed by atoms with van der Waals surface area (Å²) in [5, 5.41) is 0. The maximum Gasteiger partial charge on any atom is 0.261 e. The quantitative estimate of drug-likeness (QED) is 0.276. The molecule has 0 N–H and O–H groups in total. The van der Waals surface area contributed by atoms with E-state index < -0.39 is 16.2 Å². The van der Waals surface area contributed by atoms with E-state index in [1.165, 1.54) is 31.7 Å². The SMILES string of the molecule is CCCOC(OCCC)O[SiH2]CCCCCC(C)C. The van der Waals surface area contributed by atoms with Gasteiger partial charge in [-0.05, 0) is 24.8 Å². The zero-order valence-corrected chi connectivity index (χ0v) is 14.9. The molecule has 4 heteroatoms. The van der Waals surface area contributed by atoms with Crippen molar-refractivity contribution in [2.75, 3.05) is 13.2 Å². The van der Waals surface area contributed by atoms with Crippen LogP contribution < -0.4 is 0 Å². The molecule has 0 aliphatic rings. The molecule has 0 heterocycles. The van der Waals surface area contributed by atoms with Crippen LogP contribution in [0.3, 0.4) is 0 Å². The molecular formula is C15H34O3Si. The fourth-order valence-corrected chi connectivity index (χ4v) is 2.87. The highest BCUT2D eigenvalue weighted by Crippen LogP contribution is 2.10. The summed E-state index contributed by atoms with van der Waals surface area (Å²) in [6.07, 6.45) is 7.36. The van der Waals surface area contributed by atoms with E-state index >= 15 is 0 Å². The van der Waals surface area contributed by atoms with Gasteiger partial charge in [-0.2, -0.15) is 0 Å². The molecule has 0 saturated heterocycles. The summed E-state index contributed by atoms with van der Waals surface area (Å²) < 4.78 is 16.9. The van der Waals surface area contributed by atoms with Crippen LogP contribution in [-0.4, -0.2) is 29.5 Å². The monoisotopic (exact) mass is 290 g/mol. The number of unbranched alkanes of at least 4 members (excludes halogenated alkanes) is 2. The van der Waals surface area contributed by atoms with Gasteiger partial charge >= 0.3 is 0 Å². The van der Waals surface area contributed by atoms with Crippen molar-refractivity contribution in [3.05, 3.63) is 0 Å². The summed E-state index contributed by atoms with van der Waals surface area (Å²) in [4.78, 5) is 0. The Morgan fingerprint density at radius 3 is 2.05 bits per heavy atom. The Bertz CT molecular complexity index is 169. The lowest BCUT2D eigenvalue weighted by Gasteiger charge is -2.18. The van der Waals surface area contributed by atoms with Crippen molar-refractivity contribution in [2.45, 2.75) is 78.7 Å². The first-order valence-corrected chi connectivity index (χ1v) is 9.63. The number of ether oxygens (including phenoxy) is 2. The van der Waals surface area contributed by atoms with Crippen LogP contribution in [0.2, 0.25) is 6.04 Å². The van der Waals surface area contributed by atoms with E-state index in [1.54, 1.807) is 0 Å². The second-order valence-electron chi connectivity index (χ2n) is 5.50. The number of hydrogen-bond donors (Lipinski definition) is 0. The van der Waals surface area contributed by atoms with Gasteiger partial charge < -0.3 is 13.9 Å². The van der Waals surface area contributed by atoms with Crippen molar-refractivity contribution in [2.24, 2.45) is 5.92 Å². The van der Waals surface area contributed by atoms with E-state index in [-0.39, 0.29) is 0 Å². The minimum atomic E-state index is -0.489. The first-order valence-electron chi connectivity index (χ1n) is 8.05. The minimum absolute atomic E-state index is 0.401. The molecule has 19 heavy (non-hydrogen) atoms. The van der Waals surface area contributed by atoms with Gasteiger partial charge in [0, 0.05) is 0 Å². The second kappa shape index (κ2) is 14.5. The first-order chi connectivity index (χ1) is 9.20. The molecule has 0 atom stereocenters. The third-order valence-corrected chi connectivity index (χ3v) is 4.14. The maximum absolute atomic E-state index is 5.77. The largest absolute Gasteiger partial charge is 0.379 e. The van der Waals surface area contributed by atoms with Gasteiger partial charge in [0.1, 0.15) is 0 Å². The highest BCUT2D eigenvalue weighted by molar-refractivity contribution is 6.27. The lowest BCUT2D eigenvalue weighted by molar-refractivity contribution is -0.247. The molecule has 3 nitrogen and oxygen atoms in total. The van der Waals surface area contributed by atoms with Crippen LogP contribution in [0, 0.1) is 5.92 Å². The Hall–Kier alpha value is 0.0969. The van der Waals surface area contributed by atoms with Crippen LogP contribution >= 0.6 is 0 Å². The van der Waals surface area contributed by atoms with Gasteiger partial charge in [-0.3, -0.25) is 0 Å². The Morgan fingerprint density at radius 2 is 1.53 bits per heavy atom. The average Bonchev–Trinajstić information content (AvgIpc) is 2.39. The second-order valence-corrected chi connectivity index (χ2v) is 6.95. The lowest BCUT2D eigenvalue weighted by Crippen LogP contribution is -2.23. The van der Waals surface area contributed by atoms with E-state index in [0.29, 0.717) is 0 Å². The molecule has 0 radical (unpaired) electrons. The van der Waals surface area contributed by atoms with E-state index in [4.69, 9.17) is 13.9 Å². The Kier molecular flexibility index (Phi) is 14.6. The van der Waals surface area contributed by atoms with Crippen molar-refractivity contribution < 1.29 is 13.9 Å². The topological polar surface area (TPSA) is 27.7 Å². The van der Waals surface area contributed by atoms with Gasteiger partial charge in [-0.15, -0.1) is 0 Å². The fraction of sp³-hybridized carbons (Fsp3) is 1.00. The van der Waals surface area contributed by atoms with Crippen molar-refractivity contribution >= 4 is 9.76 Å². The van der Waals surface area contributed by atoms with Crippen LogP contribution in [0.25, 0.3) is 0 Å². The number of rotatable bonds is 14. The molecule has 0 amide bonds. The van der Waals surface area contributed by atoms with Crippen molar-refractivity contribution in [1.29, 1.82) is 0 Å². The Morgan fingerprint density at radius 1 is 0.895 bits per heavy atom. The predicted octanol–water partition coefficient (Wildman–Crippen LogP) is 3.86. The van der Waals surface area contributed by atoms with Gasteiger partial charge in [-0.1, -0.05) is 53.4 Å². The standard InChI is InChI=1S/C15H34O3Si/c1-5-11-16-15(17-12-6-2)18-19-13-9-7-8-10-14(3)4/h14-15H,5-13,19H2,1-4H3. The highest BCUT2D eigenvalue weighted by Gasteiger charge is 2.08. The molecular weight excluding hydrogens is 256 g/mol. The molecule has 0 aromatic carbocycles. The van der Waals surface area contributed by atoms with E-state index in [9.17, 15) is 0 Å². The molecule has 0 bridgehead atoms. The molecule has 0 aromatic heterocycles. The molecule has 0 fully saturated rings. The van der Waals surface area contributed by atoms with Crippen LogP contribution in [0.5, 0.6) is 0 Å². The summed E-state index contributed by atoms with van der Waals surface area (Å²) in [7, 11) is -0.489. The lowest BCUT2D eigenvalue weighted by atomic mass is 10.1. The van der Waals surface area contributed by atoms with E-state index in [1.807, 2.05) is 0 Å². The highest BCUT2D eigenvalue weighted by atomic mass is 28.2. The average molecular weight is 291 g/mol. The van der Waals surface area contributed by atoms with E-state index in [0.717, 1.165) is 32.0 Å². The van der Waals surface area contributed by atoms with E-state index in [2.05, 4.69) is 27.7 Å². The first kappa shape index (κ1) is 19.1. The molecule has 0 unspecified atom stereocenters. The predicted molar refractivity (Wildman–Crippen MR) is 84.0 cm³/mol. The third-order valence-electron chi connectivity index (χ3n) is 2.85. The van der Waals surface area contributed by atoms with Gasteiger partial charge in [0.25, 0.3) is 6.48 Å². The van der Waals surface area contributed by atoms with Gasteiger partial charge in [0.15, 0.2) is 9.76 Å². The zero-order chi connectivity index (χ0) is 14.3. The summed E-state index contributed by atoms with van der Waals surface area (Å²) in [6.45, 7) is 9.82. The minimum Gasteiger partial charge on any atom is -0.379 e. The summed E-state index contributed by atoms with van der Waals surface area (Å²) >= 11 is 0. The van der Waals surface area contributed by atoms with Crippen LogP contribution in [0.1, 0.15) is 66.2 Å². The third kappa shape index (κ3) is 14.3. The van der Waals surface area contributed by atoms with Crippen LogP contribution in [0.4, 0.5) is 0 Å². The van der Waals surface area contributed by atoms with Gasteiger partial charge in [0.2, 0.25) is 0 Å². The van der Waals surface area contributed by atoms with Crippen LogP contribution in [-0.2, 0) is 13.9 Å².